The van der Waals surface area contributed by atoms with Gasteiger partial charge < -0.3 is 21.5 Å². The Labute approximate surface area is 166 Å². The maximum absolute atomic E-state index is 12.8. The molecule has 0 spiro atoms. The van der Waals surface area contributed by atoms with E-state index in [0.29, 0.717) is 38.8 Å². The summed E-state index contributed by atoms with van der Waals surface area (Å²) in [6.45, 7) is 0.744. The summed E-state index contributed by atoms with van der Waals surface area (Å²) in [5.41, 5.74) is 8.31. The van der Waals surface area contributed by atoms with Gasteiger partial charge in [-0.25, -0.2) is 4.79 Å². The second-order valence-corrected chi connectivity index (χ2v) is 6.96. The van der Waals surface area contributed by atoms with E-state index in [9.17, 15) is 9.59 Å². The molecule has 0 saturated heterocycles. The fourth-order valence-corrected chi connectivity index (χ4v) is 3.09. The standard InChI is InChI=1S/C22H29N3O3/c23-20(12-7-13-24-22(27)28)16-25-21(26)19(14-17-8-3-1-4-9-17)15-18-10-5-2-6-11-18/h1-6,8-11,19-20,24H,7,12-16,23H2,(H,25,26)(H,27,28)/t20-/m0/s1. The highest BCUT2D eigenvalue weighted by Crippen LogP contribution is 2.15. The van der Waals surface area contributed by atoms with E-state index in [-0.39, 0.29) is 17.9 Å². The molecule has 28 heavy (non-hydrogen) atoms. The number of hydrogen-bond donors (Lipinski definition) is 4. The average Bonchev–Trinajstić information content (AvgIpc) is 2.70. The quantitative estimate of drug-likeness (QED) is 0.448. The van der Waals surface area contributed by atoms with Crippen molar-refractivity contribution in [1.29, 1.82) is 0 Å². The van der Waals surface area contributed by atoms with Crippen LogP contribution >= 0.6 is 0 Å². The highest BCUT2D eigenvalue weighted by atomic mass is 16.4. The zero-order valence-corrected chi connectivity index (χ0v) is 16.0. The second kappa shape index (κ2) is 11.8. The molecule has 2 amide bonds. The van der Waals surface area contributed by atoms with Crippen LogP contribution in [0.3, 0.4) is 0 Å². The van der Waals surface area contributed by atoms with Gasteiger partial charge in [-0.1, -0.05) is 60.7 Å². The number of carboxylic acid groups (broad SMARTS) is 1. The zero-order chi connectivity index (χ0) is 20.2. The summed E-state index contributed by atoms with van der Waals surface area (Å²) in [7, 11) is 0. The normalized spacial score (nSPS) is 11.8. The van der Waals surface area contributed by atoms with Crippen molar-refractivity contribution in [3.05, 3.63) is 71.8 Å². The minimum atomic E-state index is -1.04. The summed E-state index contributed by atoms with van der Waals surface area (Å²) >= 11 is 0. The largest absolute Gasteiger partial charge is 0.465 e. The topological polar surface area (TPSA) is 104 Å². The van der Waals surface area contributed by atoms with Crippen molar-refractivity contribution in [1.82, 2.24) is 10.6 Å². The van der Waals surface area contributed by atoms with Crippen molar-refractivity contribution in [2.24, 2.45) is 11.7 Å². The maximum Gasteiger partial charge on any atom is 0.404 e. The summed E-state index contributed by atoms with van der Waals surface area (Å²) in [5, 5.41) is 13.8. The number of nitrogens with one attached hydrogen (secondary N) is 2. The Morgan fingerprint density at radius 2 is 1.43 bits per heavy atom. The molecule has 0 bridgehead atoms. The van der Waals surface area contributed by atoms with Crippen LogP contribution in [0.2, 0.25) is 0 Å². The third-order valence-corrected chi connectivity index (χ3v) is 4.59. The molecule has 0 heterocycles. The van der Waals surface area contributed by atoms with Gasteiger partial charge in [-0.3, -0.25) is 4.79 Å². The summed E-state index contributed by atoms with van der Waals surface area (Å²) in [5.74, 6) is -0.183. The van der Waals surface area contributed by atoms with Crippen molar-refractivity contribution in [2.75, 3.05) is 13.1 Å². The molecule has 0 unspecified atom stereocenters. The minimum absolute atomic E-state index is 0.00758. The number of carbonyl (C=O) groups is 2. The molecule has 2 aromatic rings. The molecule has 2 aromatic carbocycles. The molecule has 0 radical (unpaired) electrons. The van der Waals surface area contributed by atoms with E-state index in [4.69, 9.17) is 10.8 Å². The molecule has 0 fully saturated rings. The lowest BCUT2D eigenvalue weighted by molar-refractivity contribution is -0.125. The molecule has 0 aliphatic carbocycles. The third-order valence-electron chi connectivity index (χ3n) is 4.59. The van der Waals surface area contributed by atoms with E-state index in [1.54, 1.807) is 0 Å². The van der Waals surface area contributed by atoms with Gasteiger partial charge in [0.1, 0.15) is 0 Å². The zero-order valence-electron chi connectivity index (χ0n) is 16.0. The van der Waals surface area contributed by atoms with Crippen LogP contribution in [0.5, 0.6) is 0 Å². The molecular formula is C22H29N3O3. The van der Waals surface area contributed by atoms with Gasteiger partial charge in [0.15, 0.2) is 0 Å². The van der Waals surface area contributed by atoms with E-state index >= 15 is 0 Å². The van der Waals surface area contributed by atoms with E-state index in [1.165, 1.54) is 0 Å². The van der Waals surface area contributed by atoms with E-state index < -0.39 is 6.09 Å². The van der Waals surface area contributed by atoms with Crippen LogP contribution in [0.15, 0.2) is 60.7 Å². The molecular weight excluding hydrogens is 354 g/mol. The smallest absolute Gasteiger partial charge is 0.404 e. The van der Waals surface area contributed by atoms with Crippen molar-refractivity contribution in [2.45, 2.75) is 31.7 Å². The molecule has 5 N–H and O–H groups in total. The van der Waals surface area contributed by atoms with E-state index in [0.717, 1.165) is 11.1 Å². The van der Waals surface area contributed by atoms with Crippen LogP contribution in [0.1, 0.15) is 24.0 Å². The summed E-state index contributed by atoms with van der Waals surface area (Å²) in [6.07, 6.45) is 1.58. The molecule has 150 valence electrons. The van der Waals surface area contributed by atoms with E-state index in [2.05, 4.69) is 10.6 Å². The van der Waals surface area contributed by atoms with Gasteiger partial charge >= 0.3 is 6.09 Å². The maximum atomic E-state index is 12.8. The molecule has 6 nitrogen and oxygen atoms in total. The fourth-order valence-electron chi connectivity index (χ4n) is 3.09. The minimum Gasteiger partial charge on any atom is -0.465 e. The van der Waals surface area contributed by atoms with Crippen LogP contribution in [0.4, 0.5) is 4.79 Å². The van der Waals surface area contributed by atoms with Crippen LogP contribution in [0, 0.1) is 5.92 Å². The molecule has 0 aliphatic rings. The predicted octanol–water partition coefficient (Wildman–Crippen LogP) is 2.58. The van der Waals surface area contributed by atoms with Gasteiger partial charge in [-0.2, -0.15) is 0 Å². The van der Waals surface area contributed by atoms with Gasteiger partial charge in [0.05, 0.1) is 0 Å². The molecule has 0 saturated carbocycles. The van der Waals surface area contributed by atoms with Gasteiger partial charge in [0, 0.05) is 25.0 Å². The number of rotatable bonds is 11. The van der Waals surface area contributed by atoms with Crippen molar-refractivity contribution in [3.63, 3.8) is 0 Å². The van der Waals surface area contributed by atoms with Gasteiger partial charge in [-0.05, 0) is 36.8 Å². The Morgan fingerprint density at radius 3 is 1.93 bits per heavy atom. The van der Waals surface area contributed by atoms with E-state index in [1.807, 2.05) is 60.7 Å². The van der Waals surface area contributed by atoms with Crippen LogP contribution in [0.25, 0.3) is 0 Å². The average molecular weight is 383 g/mol. The van der Waals surface area contributed by atoms with Gasteiger partial charge in [0.2, 0.25) is 5.91 Å². The van der Waals surface area contributed by atoms with Crippen molar-refractivity contribution >= 4 is 12.0 Å². The van der Waals surface area contributed by atoms with Crippen LogP contribution in [-0.2, 0) is 17.6 Å². The van der Waals surface area contributed by atoms with Crippen LogP contribution < -0.4 is 16.4 Å². The summed E-state index contributed by atoms with van der Waals surface area (Å²) in [4.78, 5) is 23.3. The molecule has 2 rings (SSSR count). The lowest BCUT2D eigenvalue weighted by Gasteiger charge is -2.19. The lowest BCUT2D eigenvalue weighted by atomic mass is 9.91. The highest BCUT2D eigenvalue weighted by molar-refractivity contribution is 5.79. The third kappa shape index (κ3) is 8.22. The monoisotopic (exact) mass is 383 g/mol. The molecule has 6 heteroatoms. The number of benzene rings is 2. The predicted molar refractivity (Wildman–Crippen MR) is 110 cm³/mol. The van der Waals surface area contributed by atoms with Crippen molar-refractivity contribution < 1.29 is 14.7 Å². The first-order chi connectivity index (χ1) is 13.5. The fraction of sp³-hybridized carbons (Fsp3) is 0.364. The molecule has 0 aromatic heterocycles. The number of carbonyl (C=O) groups excluding carboxylic acids is 1. The first kappa shape index (κ1) is 21.4. The molecule has 1 atom stereocenters. The Bertz CT molecular complexity index is 681. The van der Waals surface area contributed by atoms with Crippen LogP contribution in [-0.4, -0.2) is 36.2 Å². The first-order valence-electron chi connectivity index (χ1n) is 9.62. The summed E-state index contributed by atoms with van der Waals surface area (Å²) in [6, 6.07) is 19.8. The SMILES string of the molecule is N[C@@H](CCCNC(=O)O)CNC(=O)C(Cc1ccccc1)Cc1ccccc1. The second-order valence-electron chi connectivity index (χ2n) is 6.96. The van der Waals surface area contributed by atoms with Gasteiger partial charge in [0.25, 0.3) is 0 Å². The lowest BCUT2D eigenvalue weighted by Crippen LogP contribution is -2.41. The first-order valence-corrected chi connectivity index (χ1v) is 9.62. The number of nitrogens with two attached hydrogens (primary N) is 1. The Kier molecular flexibility index (Phi) is 9.01. The Balaban J connectivity index is 1.88. The number of amides is 2. The Morgan fingerprint density at radius 1 is 0.893 bits per heavy atom. The molecule has 0 aliphatic heterocycles. The van der Waals surface area contributed by atoms with Gasteiger partial charge in [-0.15, -0.1) is 0 Å². The Hall–Kier alpha value is -2.86. The van der Waals surface area contributed by atoms with Crippen molar-refractivity contribution in [3.8, 4) is 0 Å². The highest BCUT2D eigenvalue weighted by Gasteiger charge is 2.20. The summed E-state index contributed by atoms with van der Waals surface area (Å²) < 4.78 is 0. The number of hydrogen-bond acceptors (Lipinski definition) is 3.